The highest BCUT2D eigenvalue weighted by Crippen LogP contribution is 2.18. The molecule has 2 atom stereocenters. The van der Waals surface area contributed by atoms with E-state index >= 15 is 0 Å². The van der Waals surface area contributed by atoms with Crippen LogP contribution in [-0.2, 0) is 0 Å². The number of aliphatic hydroxyl groups excluding tert-OH is 1. The van der Waals surface area contributed by atoms with Gasteiger partial charge in [-0.1, -0.05) is 110 Å². The molecule has 0 aliphatic rings. The molecule has 0 aromatic carbocycles. The fourth-order valence-electron chi connectivity index (χ4n) is 4.38. The van der Waals surface area contributed by atoms with Gasteiger partial charge in [-0.05, 0) is 12.5 Å². The maximum Gasteiger partial charge on any atom is 0.116 e. The standard InChI is InChI=1S/C26H53ClNO.ClH/c1-5-7-8-9-10-11-12-13-14-15-16-17-18-19-20-21-22-25(6-2)28(3,4)24-26(29)23-27;/h6,25-26,29H,2,5,7-24H2,1,3-4H3;1H/q+1;/p-1. The summed E-state index contributed by atoms with van der Waals surface area (Å²) in [6, 6.07) is 0.402. The number of likely N-dealkylation sites (N-methyl/N-ethyl adjacent to an activating group) is 1. The van der Waals surface area contributed by atoms with Gasteiger partial charge in [0.25, 0.3) is 0 Å². The maximum absolute atomic E-state index is 9.87. The highest BCUT2D eigenvalue weighted by Gasteiger charge is 2.27. The van der Waals surface area contributed by atoms with Gasteiger partial charge in [0.05, 0.1) is 20.0 Å². The van der Waals surface area contributed by atoms with Crippen LogP contribution in [0.15, 0.2) is 12.7 Å². The Labute approximate surface area is 200 Å². The summed E-state index contributed by atoms with van der Waals surface area (Å²) in [4.78, 5) is 0. The smallest absolute Gasteiger partial charge is 0.116 e. The summed E-state index contributed by atoms with van der Waals surface area (Å²) >= 11 is 5.77. The summed E-state index contributed by atoms with van der Waals surface area (Å²) in [7, 11) is 4.35. The fraction of sp³-hybridized carbons (Fsp3) is 0.923. The number of quaternary nitrogens is 1. The van der Waals surface area contributed by atoms with E-state index in [4.69, 9.17) is 11.6 Å². The van der Waals surface area contributed by atoms with E-state index in [1.807, 2.05) is 0 Å². The molecule has 0 aliphatic carbocycles. The normalized spacial score (nSPS) is 13.6. The molecule has 0 aromatic heterocycles. The molecule has 0 radical (unpaired) electrons. The molecule has 0 aliphatic heterocycles. The van der Waals surface area contributed by atoms with Gasteiger partial charge in [0.1, 0.15) is 18.7 Å². The predicted octanol–water partition coefficient (Wildman–Crippen LogP) is 4.87. The third-order valence-electron chi connectivity index (χ3n) is 6.38. The van der Waals surface area contributed by atoms with Gasteiger partial charge in [-0.15, -0.1) is 11.6 Å². The Balaban J connectivity index is 0. The summed E-state index contributed by atoms with van der Waals surface area (Å²) in [5.74, 6) is 0.310. The lowest BCUT2D eigenvalue weighted by molar-refractivity contribution is -0.911. The monoisotopic (exact) mass is 465 g/mol. The first-order valence-corrected chi connectivity index (χ1v) is 13.2. The van der Waals surface area contributed by atoms with E-state index in [1.165, 1.54) is 103 Å². The molecule has 0 fully saturated rings. The quantitative estimate of drug-likeness (QED) is 0.104. The molecule has 0 saturated heterocycles. The molecule has 4 heteroatoms. The van der Waals surface area contributed by atoms with Crippen LogP contribution in [0.5, 0.6) is 0 Å². The number of nitrogens with zero attached hydrogens (tertiary/aromatic N) is 1. The molecule has 0 heterocycles. The zero-order chi connectivity index (χ0) is 21.8. The first-order valence-electron chi connectivity index (χ1n) is 12.7. The molecule has 30 heavy (non-hydrogen) atoms. The van der Waals surface area contributed by atoms with E-state index in [-0.39, 0.29) is 12.4 Å². The Hall–Kier alpha value is 0.240. The summed E-state index contributed by atoms with van der Waals surface area (Å²) in [6.07, 6.45) is 25.3. The topological polar surface area (TPSA) is 20.2 Å². The number of aliphatic hydroxyl groups is 1. The van der Waals surface area contributed by atoms with E-state index in [0.717, 1.165) is 10.9 Å². The van der Waals surface area contributed by atoms with Crippen LogP contribution in [0.25, 0.3) is 0 Å². The predicted molar refractivity (Wildman–Crippen MR) is 132 cm³/mol. The van der Waals surface area contributed by atoms with Crippen molar-refractivity contribution in [3.63, 3.8) is 0 Å². The molecule has 0 bridgehead atoms. The van der Waals surface area contributed by atoms with E-state index in [1.54, 1.807) is 0 Å². The van der Waals surface area contributed by atoms with Crippen LogP contribution in [0.4, 0.5) is 0 Å². The zero-order valence-corrected chi connectivity index (χ0v) is 22.0. The Kier molecular flexibility index (Phi) is 24.2. The lowest BCUT2D eigenvalue weighted by atomic mass is 10.0. The third kappa shape index (κ3) is 19.0. The second-order valence-electron chi connectivity index (χ2n) is 9.66. The van der Waals surface area contributed by atoms with E-state index in [2.05, 4.69) is 33.7 Å². The van der Waals surface area contributed by atoms with Crippen LogP contribution in [0.2, 0.25) is 0 Å². The minimum absolute atomic E-state index is 0. The average Bonchev–Trinajstić information content (AvgIpc) is 2.69. The molecular weight excluding hydrogens is 413 g/mol. The lowest BCUT2D eigenvalue weighted by Crippen LogP contribution is -3.00. The number of hydrogen-bond donors (Lipinski definition) is 1. The third-order valence-corrected chi connectivity index (χ3v) is 6.74. The van der Waals surface area contributed by atoms with Crippen molar-refractivity contribution in [1.29, 1.82) is 0 Å². The second kappa shape index (κ2) is 22.4. The lowest BCUT2D eigenvalue weighted by Gasteiger charge is -2.37. The Morgan fingerprint density at radius 3 is 1.47 bits per heavy atom. The summed E-state index contributed by atoms with van der Waals surface area (Å²) in [5, 5.41) is 9.87. The van der Waals surface area contributed by atoms with Crippen LogP contribution >= 0.6 is 11.6 Å². The largest absolute Gasteiger partial charge is 1.00 e. The number of unbranched alkanes of at least 4 members (excludes halogenated alkanes) is 15. The van der Waals surface area contributed by atoms with Crippen LogP contribution in [0.3, 0.4) is 0 Å². The van der Waals surface area contributed by atoms with Crippen molar-refractivity contribution in [3.8, 4) is 0 Å². The minimum Gasteiger partial charge on any atom is -1.00 e. The number of rotatable bonds is 22. The first kappa shape index (κ1) is 32.4. The van der Waals surface area contributed by atoms with E-state index in [0.29, 0.717) is 18.5 Å². The molecular formula is C26H53Cl2NO. The summed E-state index contributed by atoms with van der Waals surface area (Å²) in [5.41, 5.74) is 0. The van der Waals surface area contributed by atoms with Gasteiger partial charge in [0.15, 0.2) is 0 Å². The number of halogens is 2. The fourth-order valence-corrected chi connectivity index (χ4v) is 4.48. The molecule has 182 valence electrons. The molecule has 0 rings (SSSR count). The van der Waals surface area contributed by atoms with E-state index in [9.17, 15) is 5.11 Å². The highest BCUT2D eigenvalue weighted by atomic mass is 35.5. The minimum atomic E-state index is -0.431. The van der Waals surface area contributed by atoms with Crippen molar-refractivity contribution in [1.82, 2.24) is 0 Å². The first-order chi connectivity index (χ1) is 14.0. The molecule has 2 nitrogen and oxygen atoms in total. The average molecular weight is 467 g/mol. The maximum atomic E-state index is 9.87. The highest BCUT2D eigenvalue weighted by molar-refractivity contribution is 6.18. The van der Waals surface area contributed by atoms with Crippen molar-refractivity contribution in [3.05, 3.63) is 12.7 Å². The molecule has 1 N–H and O–H groups in total. The molecule has 0 spiro atoms. The molecule has 0 aromatic rings. The van der Waals surface area contributed by atoms with Gasteiger partial charge in [-0.2, -0.15) is 0 Å². The van der Waals surface area contributed by atoms with E-state index < -0.39 is 6.10 Å². The Morgan fingerprint density at radius 2 is 1.13 bits per heavy atom. The van der Waals surface area contributed by atoms with Crippen molar-refractivity contribution in [2.45, 2.75) is 128 Å². The van der Waals surface area contributed by atoms with Crippen molar-refractivity contribution in [2.24, 2.45) is 0 Å². The molecule has 0 saturated carbocycles. The van der Waals surface area contributed by atoms with Gasteiger partial charge >= 0.3 is 0 Å². The van der Waals surface area contributed by atoms with Crippen LogP contribution in [0, 0.1) is 0 Å². The summed E-state index contributed by atoms with van der Waals surface area (Å²) in [6.45, 7) is 7.00. The van der Waals surface area contributed by atoms with Gasteiger partial charge in [0, 0.05) is 6.42 Å². The molecule has 0 amide bonds. The van der Waals surface area contributed by atoms with Crippen LogP contribution in [0.1, 0.15) is 116 Å². The number of alkyl halides is 1. The van der Waals surface area contributed by atoms with Crippen LogP contribution in [-0.4, -0.2) is 48.3 Å². The second-order valence-corrected chi connectivity index (χ2v) is 9.97. The van der Waals surface area contributed by atoms with Crippen LogP contribution < -0.4 is 12.4 Å². The van der Waals surface area contributed by atoms with Crippen molar-refractivity contribution >= 4 is 11.6 Å². The zero-order valence-electron chi connectivity index (χ0n) is 20.5. The Bertz CT molecular complexity index is 363. The van der Waals surface area contributed by atoms with Crippen molar-refractivity contribution < 1.29 is 22.0 Å². The Morgan fingerprint density at radius 1 is 0.767 bits per heavy atom. The van der Waals surface area contributed by atoms with Gasteiger partial charge in [-0.3, -0.25) is 0 Å². The van der Waals surface area contributed by atoms with Gasteiger partial charge < -0.3 is 22.0 Å². The summed E-state index contributed by atoms with van der Waals surface area (Å²) < 4.78 is 0.774. The van der Waals surface area contributed by atoms with Crippen molar-refractivity contribution in [2.75, 3.05) is 26.5 Å². The SMILES string of the molecule is C=CC(CCCCCCCCCCCCCCCCCC)[N+](C)(C)CC(O)CCl.[Cl-]. The molecule has 2 unspecified atom stereocenters. The number of hydrogen-bond acceptors (Lipinski definition) is 1. The van der Waals surface area contributed by atoms with Gasteiger partial charge in [0.2, 0.25) is 0 Å². The van der Waals surface area contributed by atoms with Gasteiger partial charge in [-0.25, -0.2) is 0 Å².